The first-order valence-corrected chi connectivity index (χ1v) is 7.19. The van der Waals surface area contributed by atoms with Crippen molar-refractivity contribution in [2.75, 3.05) is 0 Å². The lowest BCUT2D eigenvalue weighted by molar-refractivity contribution is 0.640. The molecule has 2 aromatic heterocycles. The molecular formula is C11H14ClN3S2. The van der Waals surface area contributed by atoms with Crippen molar-refractivity contribution in [2.24, 2.45) is 0 Å². The van der Waals surface area contributed by atoms with Crippen LogP contribution in [0.5, 0.6) is 0 Å². The summed E-state index contributed by atoms with van der Waals surface area (Å²) in [6.45, 7) is 3.00. The Balaban J connectivity index is 2.08. The molecule has 2 aromatic rings. The zero-order valence-corrected chi connectivity index (χ0v) is 12.0. The van der Waals surface area contributed by atoms with Gasteiger partial charge in [-0.25, -0.2) is 0 Å². The summed E-state index contributed by atoms with van der Waals surface area (Å²) >= 11 is 12.8. The van der Waals surface area contributed by atoms with Gasteiger partial charge in [-0.15, -0.1) is 11.3 Å². The van der Waals surface area contributed by atoms with Crippen LogP contribution in [0.25, 0.3) is 0 Å². The monoisotopic (exact) mass is 287 g/mol. The minimum absolute atomic E-state index is 0.705. The van der Waals surface area contributed by atoms with Gasteiger partial charge in [0.05, 0.1) is 4.34 Å². The fraction of sp³-hybridized carbons (Fsp3) is 0.455. The maximum Gasteiger partial charge on any atom is 0.195 e. The van der Waals surface area contributed by atoms with Crippen molar-refractivity contribution >= 4 is 35.2 Å². The first kappa shape index (κ1) is 12.8. The van der Waals surface area contributed by atoms with Gasteiger partial charge in [-0.05, 0) is 37.2 Å². The molecule has 0 aliphatic heterocycles. The first-order chi connectivity index (χ1) is 8.20. The molecule has 0 fully saturated rings. The highest BCUT2D eigenvalue weighted by Gasteiger charge is 2.06. The van der Waals surface area contributed by atoms with E-state index in [-0.39, 0.29) is 0 Å². The summed E-state index contributed by atoms with van der Waals surface area (Å²) in [5, 5.41) is 7.10. The number of halogens is 1. The van der Waals surface area contributed by atoms with E-state index in [4.69, 9.17) is 23.8 Å². The van der Waals surface area contributed by atoms with E-state index < -0.39 is 0 Å². The average Bonchev–Trinajstić information content (AvgIpc) is 2.85. The Morgan fingerprint density at radius 1 is 1.47 bits per heavy atom. The van der Waals surface area contributed by atoms with E-state index in [9.17, 15) is 0 Å². The zero-order chi connectivity index (χ0) is 12.3. The van der Waals surface area contributed by atoms with Crippen LogP contribution in [0.3, 0.4) is 0 Å². The molecule has 0 aliphatic carbocycles. The SMILES string of the molecule is CCCc1n[nH]c(=S)n1CCc1ccc(Cl)s1. The van der Waals surface area contributed by atoms with Gasteiger partial charge in [0, 0.05) is 17.8 Å². The van der Waals surface area contributed by atoms with Crippen molar-refractivity contribution in [1.82, 2.24) is 14.8 Å². The summed E-state index contributed by atoms with van der Waals surface area (Å²) in [5.41, 5.74) is 0. The van der Waals surface area contributed by atoms with Crippen LogP contribution in [-0.2, 0) is 19.4 Å². The van der Waals surface area contributed by atoms with E-state index in [0.29, 0.717) is 4.77 Å². The second-order valence-corrected chi connectivity index (χ2v) is 5.99. The van der Waals surface area contributed by atoms with E-state index in [1.54, 1.807) is 11.3 Å². The van der Waals surface area contributed by atoms with E-state index >= 15 is 0 Å². The number of nitrogens with zero attached hydrogens (tertiary/aromatic N) is 2. The van der Waals surface area contributed by atoms with Gasteiger partial charge in [0.2, 0.25) is 0 Å². The summed E-state index contributed by atoms with van der Waals surface area (Å²) in [5.74, 6) is 1.04. The minimum Gasteiger partial charge on any atom is -0.304 e. The summed E-state index contributed by atoms with van der Waals surface area (Å²) in [6, 6.07) is 4.00. The predicted octanol–water partition coefficient (Wildman–Crippen LogP) is 3.85. The van der Waals surface area contributed by atoms with Gasteiger partial charge in [-0.2, -0.15) is 5.10 Å². The molecule has 0 aliphatic rings. The van der Waals surface area contributed by atoms with Gasteiger partial charge in [0.15, 0.2) is 4.77 Å². The number of hydrogen-bond acceptors (Lipinski definition) is 3. The number of nitrogens with one attached hydrogen (secondary N) is 1. The van der Waals surface area contributed by atoms with E-state index in [2.05, 4.69) is 27.8 Å². The Morgan fingerprint density at radius 3 is 2.94 bits per heavy atom. The number of hydrogen-bond donors (Lipinski definition) is 1. The first-order valence-electron chi connectivity index (χ1n) is 5.59. The smallest absolute Gasteiger partial charge is 0.195 e. The third-order valence-electron chi connectivity index (χ3n) is 2.52. The number of aromatic nitrogens is 3. The summed E-state index contributed by atoms with van der Waals surface area (Å²) in [7, 11) is 0. The van der Waals surface area contributed by atoms with Crippen molar-refractivity contribution in [3.8, 4) is 0 Å². The molecule has 0 spiro atoms. The van der Waals surface area contributed by atoms with E-state index in [1.165, 1.54) is 4.88 Å². The number of H-pyrrole nitrogens is 1. The van der Waals surface area contributed by atoms with Crippen LogP contribution in [0.4, 0.5) is 0 Å². The highest BCUT2D eigenvalue weighted by molar-refractivity contribution is 7.71. The highest BCUT2D eigenvalue weighted by atomic mass is 35.5. The van der Waals surface area contributed by atoms with Crippen LogP contribution in [0, 0.1) is 4.77 Å². The zero-order valence-electron chi connectivity index (χ0n) is 9.57. The third-order valence-corrected chi connectivity index (χ3v) is 4.12. The lowest BCUT2D eigenvalue weighted by Gasteiger charge is -2.04. The van der Waals surface area contributed by atoms with Gasteiger partial charge in [0.1, 0.15) is 5.82 Å². The number of rotatable bonds is 5. The molecule has 0 saturated heterocycles. The number of aryl methyl sites for hydroxylation is 2. The maximum atomic E-state index is 5.91. The van der Waals surface area contributed by atoms with E-state index in [0.717, 1.165) is 36.0 Å². The second kappa shape index (κ2) is 5.80. The van der Waals surface area contributed by atoms with Crippen LogP contribution in [0.15, 0.2) is 12.1 Å². The molecule has 6 heteroatoms. The van der Waals surface area contributed by atoms with Gasteiger partial charge in [-0.1, -0.05) is 18.5 Å². The molecule has 0 radical (unpaired) electrons. The fourth-order valence-corrected chi connectivity index (χ4v) is 3.02. The molecule has 17 heavy (non-hydrogen) atoms. The third kappa shape index (κ3) is 3.18. The van der Waals surface area contributed by atoms with Crippen molar-refractivity contribution < 1.29 is 0 Å². The van der Waals surface area contributed by atoms with Crippen molar-refractivity contribution in [2.45, 2.75) is 32.7 Å². The highest BCUT2D eigenvalue weighted by Crippen LogP contribution is 2.22. The molecule has 2 heterocycles. The van der Waals surface area contributed by atoms with Crippen molar-refractivity contribution in [1.29, 1.82) is 0 Å². The van der Waals surface area contributed by atoms with Crippen molar-refractivity contribution in [3.05, 3.63) is 31.9 Å². The predicted molar refractivity (Wildman–Crippen MR) is 74.4 cm³/mol. The Hall–Kier alpha value is -0.650. The fourth-order valence-electron chi connectivity index (χ4n) is 1.70. The molecule has 0 amide bonds. The quantitative estimate of drug-likeness (QED) is 0.848. The average molecular weight is 288 g/mol. The molecule has 2 rings (SSSR count). The van der Waals surface area contributed by atoms with Gasteiger partial charge in [-0.3, -0.25) is 5.10 Å². The molecular weight excluding hydrogens is 274 g/mol. The Morgan fingerprint density at radius 2 is 2.29 bits per heavy atom. The summed E-state index contributed by atoms with van der Waals surface area (Å²) < 4.78 is 3.62. The lowest BCUT2D eigenvalue weighted by Crippen LogP contribution is -2.05. The minimum atomic E-state index is 0.705. The van der Waals surface area contributed by atoms with Gasteiger partial charge < -0.3 is 4.57 Å². The molecule has 0 atom stereocenters. The van der Waals surface area contributed by atoms with Gasteiger partial charge in [0.25, 0.3) is 0 Å². The Bertz CT molecular complexity index is 541. The van der Waals surface area contributed by atoms with Crippen LogP contribution in [-0.4, -0.2) is 14.8 Å². The van der Waals surface area contributed by atoms with Crippen LogP contribution >= 0.6 is 35.2 Å². The Labute approximate surface area is 114 Å². The van der Waals surface area contributed by atoms with Crippen LogP contribution in [0.1, 0.15) is 24.0 Å². The summed E-state index contributed by atoms with van der Waals surface area (Å²) in [4.78, 5) is 1.28. The van der Waals surface area contributed by atoms with Crippen LogP contribution < -0.4 is 0 Å². The molecule has 92 valence electrons. The Kier molecular flexibility index (Phi) is 4.36. The lowest BCUT2D eigenvalue weighted by atomic mass is 10.3. The molecule has 1 N–H and O–H groups in total. The van der Waals surface area contributed by atoms with Gasteiger partial charge >= 0.3 is 0 Å². The van der Waals surface area contributed by atoms with Crippen molar-refractivity contribution in [3.63, 3.8) is 0 Å². The maximum absolute atomic E-state index is 5.91. The standard InChI is InChI=1S/C11H14ClN3S2/c1-2-3-10-13-14-11(16)15(10)7-6-8-4-5-9(12)17-8/h4-5H,2-3,6-7H2,1H3,(H,14,16). The van der Waals surface area contributed by atoms with Crippen LogP contribution in [0.2, 0.25) is 4.34 Å². The van der Waals surface area contributed by atoms with E-state index in [1.807, 2.05) is 6.07 Å². The largest absolute Gasteiger partial charge is 0.304 e. The number of aromatic amines is 1. The molecule has 0 aromatic carbocycles. The summed E-state index contributed by atoms with van der Waals surface area (Å²) in [6.07, 6.45) is 2.98. The normalized spacial score (nSPS) is 10.9. The molecule has 0 saturated carbocycles. The molecule has 3 nitrogen and oxygen atoms in total. The molecule has 0 bridgehead atoms. The molecule has 0 unspecified atom stereocenters. The second-order valence-electron chi connectivity index (χ2n) is 3.80. The number of thiophene rings is 1. The topological polar surface area (TPSA) is 33.6 Å².